The number of carbonyl (C=O) groups excluding carboxylic acids is 2. The molecule has 4 atom stereocenters. The average Bonchev–Trinajstić information content (AvgIpc) is 3.22. The van der Waals surface area contributed by atoms with Gasteiger partial charge in [-0.05, 0) is 44.5 Å². The number of amides is 3. The van der Waals surface area contributed by atoms with Gasteiger partial charge in [-0.15, -0.1) is 0 Å². The van der Waals surface area contributed by atoms with Crippen LogP contribution < -0.4 is 15.4 Å². The molecule has 0 aromatic heterocycles. The summed E-state index contributed by atoms with van der Waals surface area (Å²) in [6.45, 7) is 3.07. The van der Waals surface area contributed by atoms with Crippen LogP contribution in [0.3, 0.4) is 0 Å². The summed E-state index contributed by atoms with van der Waals surface area (Å²) in [5.74, 6) is 0.864. The van der Waals surface area contributed by atoms with E-state index in [0.717, 1.165) is 68.9 Å². The van der Waals surface area contributed by atoms with E-state index in [2.05, 4.69) is 22.6 Å². The van der Waals surface area contributed by atoms with Crippen molar-refractivity contribution in [2.45, 2.75) is 75.2 Å². The second kappa shape index (κ2) is 10.7. The Labute approximate surface area is 207 Å². The molecule has 1 aromatic carbocycles. The summed E-state index contributed by atoms with van der Waals surface area (Å²) in [6, 6.07) is 5.76. The third kappa shape index (κ3) is 5.57. The summed E-state index contributed by atoms with van der Waals surface area (Å²) < 4.78 is 12.3. The molecular formula is C26H38N4O5. The highest BCUT2D eigenvalue weighted by Gasteiger charge is 2.46. The topological polar surface area (TPSA) is 103 Å². The number of benzene rings is 1. The number of anilines is 1. The van der Waals surface area contributed by atoms with Gasteiger partial charge in [0.25, 0.3) is 0 Å². The van der Waals surface area contributed by atoms with Gasteiger partial charge in [0.05, 0.1) is 19.1 Å². The van der Waals surface area contributed by atoms with E-state index in [9.17, 15) is 14.7 Å². The zero-order valence-electron chi connectivity index (χ0n) is 20.6. The molecule has 192 valence electrons. The van der Waals surface area contributed by atoms with Crippen molar-refractivity contribution in [1.29, 1.82) is 0 Å². The molecule has 4 aliphatic rings. The van der Waals surface area contributed by atoms with Gasteiger partial charge in [0, 0.05) is 49.4 Å². The summed E-state index contributed by atoms with van der Waals surface area (Å²) in [5.41, 5.74) is 1.72. The van der Waals surface area contributed by atoms with Crippen molar-refractivity contribution in [3.8, 4) is 5.75 Å². The second-order valence-electron chi connectivity index (χ2n) is 10.5. The number of fused-ring (bicyclic) bond motifs is 3. The maximum Gasteiger partial charge on any atom is 0.319 e. The quantitative estimate of drug-likeness (QED) is 0.590. The molecule has 5 rings (SSSR count). The Kier molecular flexibility index (Phi) is 7.45. The predicted octanol–water partition coefficient (Wildman–Crippen LogP) is 2.30. The van der Waals surface area contributed by atoms with E-state index in [1.54, 1.807) is 0 Å². The van der Waals surface area contributed by atoms with Crippen LogP contribution in [-0.2, 0) is 9.53 Å². The molecule has 3 amide bonds. The molecule has 9 heteroatoms. The number of aliphatic hydroxyl groups is 1. The fraction of sp³-hybridized carbons (Fsp3) is 0.692. The van der Waals surface area contributed by atoms with E-state index in [4.69, 9.17) is 9.47 Å². The van der Waals surface area contributed by atoms with Crippen LogP contribution in [0, 0.1) is 0 Å². The molecule has 3 fully saturated rings. The van der Waals surface area contributed by atoms with Crippen molar-refractivity contribution in [2.24, 2.45) is 0 Å². The van der Waals surface area contributed by atoms with E-state index in [1.807, 2.05) is 23.1 Å². The van der Waals surface area contributed by atoms with Crippen molar-refractivity contribution in [2.75, 3.05) is 45.2 Å². The van der Waals surface area contributed by atoms with Gasteiger partial charge in [-0.2, -0.15) is 0 Å². The van der Waals surface area contributed by atoms with Gasteiger partial charge in [0.15, 0.2) is 0 Å². The molecule has 2 saturated heterocycles. The molecule has 3 heterocycles. The molecule has 0 bridgehead atoms. The van der Waals surface area contributed by atoms with Crippen LogP contribution in [0.25, 0.3) is 0 Å². The summed E-state index contributed by atoms with van der Waals surface area (Å²) in [7, 11) is 2.07. The molecule has 1 aromatic rings. The highest BCUT2D eigenvalue weighted by atomic mass is 16.6. The highest BCUT2D eigenvalue weighted by molar-refractivity contribution is 5.89. The van der Waals surface area contributed by atoms with Gasteiger partial charge in [-0.25, -0.2) is 4.79 Å². The molecule has 0 radical (unpaired) electrons. The van der Waals surface area contributed by atoms with Gasteiger partial charge >= 0.3 is 6.03 Å². The zero-order chi connectivity index (χ0) is 24.4. The Morgan fingerprint density at radius 2 is 1.89 bits per heavy atom. The van der Waals surface area contributed by atoms with Gasteiger partial charge in [-0.3, -0.25) is 4.79 Å². The Balaban J connectivity index is 1.24. The van der Waals surface area contributed by atoms with Crippen LogP contribution >= 0.6 is 0 Å². The first kappa shape index (κ1) is 24.3. The highest BCUT2D eigenvalue weighted by Crippen LogP contribution is 2.47. The second-order valence-corrected chi connectivity index (χ2v) is 10.5. The molecule has 3 N–H and O–H groups in total. The monoisotopic (exact) mass is 486 g/mol. The molecule has 0 unspecified atom stereocenters. The third-order valence-corrected chi connectivity index (χ3v) is 7.96. The summed E-state index contributed by atoms with van der Waals surface area (Å²) >= 11 is 0. The van der Waals surface area contributed by atoms with Crippen LogP contribution in [0.1, 0.15) is 56.4 Å². The SMILES string of the molecule is CN1CCN(C(=O)C[C@@H]2C[C@H]3c4cc(NC(=O)NC5CCCCC5)ccc4O[C@H]3[C@H](CO)O2)CC1. The zero-order valence-corrected chi connectivity index (χ0v) is 20.6. The number of nitrogens with zero attached hydrogens (tertiary/aromatic N) is 2. The molecule has 35 heavy (non-hydrogen) atoms. The smallest absolute Gasteiger partial charge is 0.319 e. The molecule has 3 aliphatic heterocycles. The first-order valence-electron chi connectivity index (χ1n) is 13.1. The van der Waals surface area contributed by atoms with Gasteiger partial charge in [0.1, 0.15) is 18.0 Å². The van der Waals surface area contributed by atoms with Crippen LogP contribution in [-0.4, -0.2) is 91.0 Å². The number of aliphatic hydroxyl groups excluding tert-OH is 1. The van der Waals surface area contributed by atoms with Crippen LogP contribution in [0.4, 0.5) is 10.5 Å². The lowest BCUT2D eigenvalue weighted by atomic mass is 9.84. The molecule has 1 saturated carbocycles. The van der Waals surface area contributed by atoms with E-state index in [1.165, 1.54) is 6.42 Å². The molecular weight excluding hydrogens is 448 g/mol. The van der Waals surface area contributed by atoms with Crippen LogP contribution in [0.15, 0.2) is 18.2 Å². The average molecular weight is 487 g/mol. The Morgan fingerprint density at radius 1 is 1.11 bits per heavy atom. The summed E-state index contributed by atoms with van der Waals surface area (Å²) in [6.07, 6.45) is 5.53. The lowest BCUT2D eigenvalue weighted by Crippen LogP contribution is -2.50. The summed E-state index contributed by atoms with van der Waals surface area (Å²) in [5, 5.41) is 16.1. The fourth-order valence-corrected chi connectivity index (χ4v) is 5.95. The molecule has 9 nitrogen and oxygen atoms in total. The van der Waals surface area contributed by atoms with E-state index >= 15 is 0 Å². The number of hydrogen-bond donors (Lipinski definition) is 3. The Bertz CT molecular complexity index is 913. The maximum atomic E-state index is 12.9. The van der Waals surface area contributed by atoms with E-state index in [-0.39, 0.29) is 42.7 Å². The molecule has 1 aliphatic carbocycles. The number of ether oxygens (including phenoxy) is 2. The number of nitrogens with one attached hydrogen (secondary N) is 2. The standard InChI is InChI=1S/C26H38N4O5/c1-29-9-11-30(12-10-29)24(32)15-19-14-21-20-13-18(28-26(33)27-17-5-3-2-4-6-17)7-8-22(20)35-25(21)23(16-31)34-19/h7-8,13,17,19,21,23,25,31H,2-6,9-12,14-16H2,1H3,(H2,27,28,33)/t19-,21-,23-,25+/m0/s1. The van der Waals surface area contributed by atoms with E-state index in [0.29, 0.717) is 12.8 Å². The van der Waals surface area contributed by atoms with Crippen molar-refractivity contribution in [3.63, 3.8) is 0 Å². The van der Waals surface area contributed by atoms with Crippen LogP contribution in [0.2, 0.25) is 0 Å². The molecule has 0 spiro atoms. The van der Waals surface area contributed by atoms with Gasteiger partial charge in [-0.1, -0.05) is 19.3 Å². The van der Waals surface area contributed by atoms with Crippen molar-refractivity contribution in [1.82, 2.24) is 15.1 Å². The van der Waals surface area contributed by atoms with Crippen molar-refractivity contribution < 1.29 is 24.2 Å². The first-order valence-corrected chi connectivity index (χ1v) is 13.1. The van der Waals surface area contributed by atoms with Gasteiger partial charge in [0.2, 0.25) is 5.91 Å². The summed E-state index contributed by atoms with van der Waals surface area (Å²) in [4.78, 5) is 29.6. The number of likely N-dealkylation sites (N-methyl/N-ethyl adjacent to an activating group) is 1. The normalized spacial score (nSPS) is 29.1. The van der Waals surface area contributed by atoms with Crippen molar-refractivity contribution >= 4 is 17.6 Å². The maximum absolute atomic E-state index is 12.9. The number of rotatable bonds is 5. The minimum atomic E-state index is -0.488. The Morgan fingerprint density at radius 3 is 2.63 bits per heavy atom. The largest absolute Gasteiger partial charge is 0.487 e. The van der Waals surface area contributed by atoms with Crippen molar-refractivity contribution in [3.05, 3.63) is 23.8 Å². The number of urea groups is 1. The predicted molar refractivity (Wildman–Crippen MR) is 132 cm³/mol. The number of hydrogen-bond acceptors (Lipinski definition) is 6. The number of piperazine rings is 1. The van der Waals surface area contributed by atoms with E-state index < -0.39 is 6.10 Å². The van der Waals surface area contributed by atoms with Crippen LogP contribution in [0.5, 0.6) is 5.75 Å². The lowest BCUT2D eigenvalue weighted by Gasteiger charge is -2.38. The fourth-order valence-electron chi connectivity index (χ4n) is 5.95. The van der Waals surface area contributed by atoms with Gasteiger partial charge < -0.3 is 35.0 Å². The third-order valence-electron chi connectivity index (χ3n) is 7.96. The Hall–Kier alpha value is -2.36. The lowest BCUT2D eigenvalue weighted by molar-refractivity contribution is -0.150. The number of carbonyl (C=O) groups is 2. The minimum absolute atomic E-state index is 0.00402. The first-order chi connectivity index (χ1) is 17.0. The minimum Gasteiger partial charge on any atom is -0.487 e.